The number of nitrogens with one attached hydrogen (secondary N) is 2. The van der Waals surface area contributed by atoms with Gasteiger partial charge in [0.05, 0.1) is 24.7 Å². The maximum atomic E-state index is 12.7. The molecule has 4 rings (SSSR count). The van der Waals surface area contributed by atoms with E-state index in [-0.39, 0.29) is 0 Å². The number of aromatic nitrogens is 4. The van der Waals surface area contributed by atoms with E-state index in [4.69, 9.17) is 21.1 Å². The summed E-state index contributed by atoms with van der Waals surface area (Å²) in [6, 6.07) is 14.3. The largest absolute Gasteiger partial charge is 0.494 e. The average molecular weight is 497 g/mol. The van der Waals surface area contributed by atoms with Gasteiger partial charge in [0.15, 0.2) is 5.82 Å². The predicted molar refractivity (Wildman–Crippen MR) is 134 cm³/mol. The molecule has 0 amide bonds. The third-order valence-electron chi connectivity index (χ3n) is 4.68. The van der Waals surface area contributed by atoms with Crippen LogP contribution in [-0.4, -0.2) is 40.4 Å². The van der Waals surface area contributed by atoms with Crippen molar-refractivity contribution >= 4 is 47.2 Å². The molecule has 0 unspecified atom stereocenters. The second-order valence-electron chi connectivity index (χ2n) is 7.52. The summed E-state index contributed by atoms with van der Waals surface area (Å²) in [6.07, 6.45) is 4.49. The van der Waals surface area contributed by atoms with Crippen LogP contribution in [-0.2, 0) is 4.57 Å². The Kier molecular flexibility index (Phi) is 6.95. The van der Waals surface area contributed by atoms with Crippen molar-refractivity contribution in [3.05, 3.63) is 72.3 Å². The fraction of sp³-hybridized carbons (Fsp3) is 0.130. The Morgan fingerprint density at radius 3 is 2.56 bits per heavy atom. The zero-order valence-corrected chi connectivity index (χ0v) is 20.3. The molecule has 2 aromatic heterocycles. The summed E-state index contributed by atoms with van der Waals surface area (Å²) in [5.74, 6) is 2.15. The summed E-state index contributed by atoms with van der Waals surface area (Å²) in [7, 11) is -0.965. The molecule has 0 radical (unpaired) electrons. The van der Waals surface area contributed by atoms with Crippen molar-refractivity contribution in [1.29, 1.82) is 0 Å². The standard InChI is InChI=1S/C23H22ClN6O3P/c1-32-19-12-15(33-21-10-11-25-14-27-21)8-9-17(19)29-23-26-13-16(24)22(30-23)28-18-6-4-5-7-20(18)34(2,3)31/h4-14H,1-3H3,(H2,26,28,29,30). The summed E-state index contributed by atoms with van der Waals surface area (Å²) in [6.45, 7) is 3.43. The first-order valence-electron chi connectivity index (χ1n) is 10.2. The van der Waals surface area contributed by atoms with Crippen LogP contribution in [0, 0.1) is 0 Å². The monoisotopic (exact) mass is 496 g/mol. The van der Waals surface area contributed by atoms with Gasteiger partial charge >= 0.3 is 0 Å². The predicted octanol–water partition coefficient (Wildman–Crippen LogP) is 5.46. The molecule has 2 N–H and O–H groups in total. The molecule has 0 spiro atoms. The van der Waals surface area contributed by atoms with Crippen LogP contribution in [0.4, 0.5) is 23.1 Å². The van der Waals surface area contributed by atoms with Crippen molar-refractivity contribution in [2.45, 2.75) is 0 Å². The zero-order chi connectivity index (χ0) is 24.1. The molecule has 4 aromatic rings. The quantitative estimate of drug-likeness (QED) is 0.307. The Morgan fingerprint density at radius 2 is 1.82 bits per heavy atom. The summed E-state index contributed by atoms with van der Waals surface area (Å²) in [4.78, 5) is 16.7. The zero-order valence-electron chi connectivity index (χ0n) is 18.7. The van der Waals surface area contributed by atoms with Crippen LogP contribution >= 0.6 is 18.7 Å². The van der Waals surface area contributed by atoms with Crippen molar-refractivity contribution in [3.63, 3.8) is 0 Å². The molecule has 0 saturated heterocycles. The molecule has 0 aliphatic rings. The highest BCUT2D eigenvalue weighted by Gasteiger charge is 2.17. The first kappa shape index (κ1) is 23.5. The molecule has 0 bridgehead atoms. The first-order valence-corrected chi connectivity index (χ1v) is 13.1. The molecule has 174 valence electrons. The summed E-state index contributed by atoms with van der Waals surface area (Å²) >= 11 is 6.34. The lowest BCUT2D eigenvalue weighted by Crippen LogP contribution is -2.11. The van der Waals surface area contributed by atoms with Crippen LogP contribution in [0.5, 0.6) is 17.4 Å². The summed E-state index contributed by atoms with van der Waals surface area (Å²) in [5.41, 5.74) is 1.30. The molecule has 0 aliphatic carbocycles. The van der Waals surface area contributed by atoms with Gasteiger partial charge in [0, 0.05) is 23.6 Å². The maximum absolute atomic E-state index is 12.7. The van der Waals surface area contributed by atoms with Gasteiger partial charge in [0.2, 0.25) is 11.8 Å². The molecular formula is C23H22ClN6O3P. The lowest BCUT2D eigenvalue weighted by atomic mass is 10.2. The molecule has 34 heavy (non-hydrogen) atoms. The van der Waals surface area contributed by atoms with Crippen molar-refractivity contribution in [2.75, 3.05) is 31.1 Å². The molecule has 0 aliphatic heterocycles. The lowest BCUT2D eigenvalue weighted by Gasteiger charge is -2.16. The minimum Gasteiger partial charge on any atom is -0.494 e. The number of nitrogens with zero attached hydrogens (tertiary/aromatic N) is 4. The van der Waals surface area contributed by atoms with E-state index >= 15 is 0 Å². The van der Waals surface area contributed by atoms with Crippen LogP contribution in [0.3, 0.4) is 0 Å². The van der Waals surface area contributed by atoms with E-state index < -0.39 is 7.14 Å². The van der Waals surface area contributed by atoms with E-state index in [0.717, 1.165) is 0 Å². The fourth-order valence-electron chi connectivity index (χ4n) is 3.11. The van der Waals surface area contributed by atoms with Gasteiger partial charge in [-0.15, -0.1) is 0 Å². The molecule has 0 saturated carbocycles. The van der Waals surface area contributed by atoms with Gasteiger partial charge in [-0.1, -0.05) is 23.7 Å². The Labute approximate surface area is 201 Å². The fourth-order valence-corrected chi connectivity index (χ4v) is 4.40. The Hall–Kier alpha value is -3.68. The highest BCUT2D eigenvalue weighted by molar-refractivity contribution is 7.70. The molecule has 9 nitrogen and oxygen atoms in total. The molecule has 2 aromatic carbocycles. The van der Waals surface area contributed by atoms with Crippen molar-refractivity contribution < 1.29 is 14.0 Å². The third kappa shape index (κ3) is 5.62. The SMILES string of the molecule is COc1cc(Oc2ccncn2)ccc1Nc1ncc(Cl)c(Nc2ccccc2P(C)(C)=O)n1. The topological polar surface area (TPSA) is 111 Å². The van der Waals surface area contributed by atoms with Crippen LogP contribution in [0.25, 0.3) is 0 Å². The molecule has 11 heteroatoms. The molecule has 0 atom stereocenters. The highest BCUT2D eigenvalue weighted by Crippen LogP contribution is 2.39. The van der Waals surface area contributed by atoms with E-state index in [0.29, 0.717) is 50.8 Å². The van der Waals surface area contributed by atoms with Crippen molar-refractivity contribution in [2.24, 2.45) is 0 Å². The van der Waals surface area contributed by atoms with Gasteiger partial charge in [-0.3, -0.25) is 0 Å². The number of hydrogen-bond donors (Lipinski definition) is 2. The van der Waals surface area contributed by atoms with E-state index in [1.807, 2.05) is 24.3 Å². The van der Waals surface area contributed by atoms with Crippen molar-refractivity contribution in [1.82, 2.24) is 19.9 Å². The minimum atomic E-state index is -2.52. The number of para-hydroxylation sites is 1. The van der Waals surface area contributed by atoms with Crippen LogP contribution in [0.2, 0.25) is 5.02 Å². The van der Waals surface area contributed by atoms with Gasteiger partial charge < -0.3 is 24.7 Å². The number of benzene rings is 2. The third-order valence-corrected chi connectivity index (χ3v) is 6.50. The van der Waals surface area contributed by atoms with Gasteiger partial charge in [0.1, 0.15) is 30.0 Å². The molecule has 2 heterocycles. The number of anilines is 4. The van der Waals surface area contributed by atoms with Gasteiger partial charge in [-0.2, -0.15) is 4.98 Å². The highest BCUT2D eigenvalue weighted by atomic mass is 35.5. The van der Waals surface area contributed by atoms with Crippen LogP contribution in [0.1, 0.15) is 0 Å². The van der Waals surface area contributed by atoms with Crippen LogP contribution in [0.15, 0.2) is 67.3 Å². The summed E-state index contributed by atoms with van der Waals surface area (Å²) < 4.78 is 23.9. The van der Waals surface area contributed by atoms with Gasteiger partial charge in [-0.05, 0) is 37.6 Å². The number of hydrogen-bond acceptors (Lipinski definition) is 9. The van der Waals surface area contributed by atoms with E-state index in [1.165, 1.54) is 12.5 Å². The van der Waals surface area contributed by atoms with E-state index in [2.05, 4.69) is 30.6 Å². The van der Waals surface area contributed by atoms with E-state index in [9.17, 15) is 4.57 Å². The number of rotatable bonds is 8. The van der Waals surface area contributed by atoms with Gasteiger partial charge in [0.25, 0.3) is 0 Å². The second-order valence-corrected chi connectivity index (χ2v) is 11.1. The smallest absolute Gasteiger partial charge is 0.229 e. The molecular weight excluding hydrogens is 475 g/mol. The lowest BCUT2D eigenvalue weighted by molar-refractivity contribution is 0.409. The van der Waals surface area contributed by atoms with Crippen LogP contribution < -0.4 is 25.4 Å². The Balaban J connectivity index is 1.58. The van der Waals surface area contributed by atoms with E-state index in [1.54, 1.807) is 50.9 Å². The maximum Gasteiger partial charge on any atom is 0.229 e. The second kappa shape index (κ2) is 10.1. The number of methoxy groups -OCH3 is 1. The number of ether oxygens (including phenoxy) is 2. The number of halogens is 1. The Morgan fingerprint density at radius 1 is 1.00 bits per heavy atom. The van der Waals surface area contributed by atoms with Crippen molar-refractivity contribution in [3.8, 4) is 17.4 Å². The normalized spacial score (nSPS) is 11.1. The Bertz CT molecular complexity index is 1350. The first-order chi connectivity index (χ1) is 16.3. The molecule has 0 fully saturated rings. The minimum absolute atomic E-state index is 0.295. The summed E-state index contributed by atoms with van der Waals surface area (Å²) in [5, 5.41) is 7.34. The average Bonchev–Trinajstić information content (AvgIpc) is 2.82. The van der Waals surface area contributed by atoms with Gasteiger partial charge in [-0.25, -0.2) is 15.0 Å².